The third-order valence-corrected chi connectivity index (χ3v) is 2.56. The average Bonchev–Trinajstić information content (AvgIpc) is 2.15. The molecule has 0 N–H and O–H groups in total. The quantitative estimate of drug-likeness (QED) is 0.613. The molecule has 0 amide bonds. The summed E-state index contributed by atoms with van der Waals surface area (Å²) in [6, 6.07) is 5.14. The summed E-state index contributed by atoms with van der Waals surface area (Å²) in [5.74, 6) is -0.408. The topological polar surface area (TPSA) is 43.4 Å². The van der Waals surface area contributed by atoms with E-state index in [1.807, 2.05) is 0 Å². The largest absolute Gasteiger partial charge is 0.534 e. The summed E-state index contributed by atoms with van der Waals surface area (Å²) in [6.45, 7) is 3.39. The van der Waals surface area contributed by atoms with E-state index in [1.54, 1.807) is 6.07 Å². The molecule has 0 saturated carbocycles. The Morgan fingerprint density at radius 1 is 1.31 bits per heavy atom. The second kappa shape index (κ2) is 4.17. The van der Waals surface area contributed by atoms with E-state index in [0.29, 0.717) is 5.56 Å². The molecule has 0 fully saturated rings. The fraction of sp³-hybridized carbons (Fsp3) is 0.111. The SMILES string of the molecule is C=Cc1cccc(OS(=O)(=O)C(F)(F)F)c1. The highest BCUT2D eigenvalue weighted by Crippen LogP contribution is 2.27. The zero-order valence-electron chi connectivity index (χ0n) is 7.86. The molecule has 0 radical (unpaired) electrons. The first-order valence-corrected chi connectivity index (χ1v) is 5.40. The molecule has 0 aliphatic rings. The number of hydrogen-bond donors (Lipinski definition) is 0. The third-order valence-electron chi connectivity index (χ3n) is 1.58. The van der Waals surface area contributed by atoms with Crippen LogP contribution in [0.3, 0.4) is 0 Å². The smallest absolute Gasteiger partial charge is 0.376 e. The van der Waals surface area contributed by atoms with E-state index in [4.69, 9.17) is 0 Å². The zero-order chi connectivity index (χ0) is 12.4. The molecule has 0 bridgehead atoms. The highest BCUT2D eigenvalue weighted by atomic mass is 32.2. The van der Waals surface area contributed by atoms with Gasteiger partial charge in [-0.25, -0.2) is 0 Å². The van der Waals surface area contributed by atoms with E-state index in [-0.39, 0.29) is 0 Å². The van der Waals surface area contributed by atoms with Crippen molar-refractivity contribution >= 4 is 16.2 Å². The van der Waals surface area contributed by atoms with Gasteiger partial charge in [-0.05, 0) is 17.7 Å². The van der Waals surface area contributed by atoms with Crippen LogP contribution in [0.15, 0.2) is 30.8 Å². The summed E-state index contributed by atoms with van der Waals surface area (Å²) in [5.41, 5.74) is -4.98. The number of rotatable bonds is 3. The Balaban J connectivity index is 3.02. The van der Waals surface area contributed by atoms with Gasteiger partial charge in [0.25, 0.3) is 0 Å². The summed E-state index contributed by atoms with van der Waals surface area (Å²) in [4.78, 5) is 0. The first-order valence-electron chi connectivity index (χ1n) is 3.99. The molecule has 3 nitrogen and oxygen atoms in total. The molecule has 88 valence electrons. The van der Waals surface area contributed by atoms with Crippen LogP contribution in [-0.4, -0.2) is 13.9 Å². The van der Waals surface area contributed by atoms with E-state index >= 15 is 0 Å². The van der Waals surface area contributed by atoms with Crippen LogP contribution in [0.5, 0.6) is 5.75 Å². The van der Waals surface area contributed by atoms with Crippen LogP contribution in [0.2, 0.25) is 0 Å². The Hall–Kier alpha value is -1.50. The van der Waals surface area contributed by atoms with Gasteiger partial charge in [0.05, 0.1) is 0 Å². The van der Waals surface area contributed by atoms with E-state index < -0.39 is 21.4 Å². The second-order valence-electron chi connectivity index (χ2n) is 2.76. The summed E-state index contributed by atoms with van der Waals surface area (Å²) < 4.78 is 61.1. The van der Waals surface area contributed by atoms with Gasteiger partial charge in [0.2, 0.25) is 0 Å². The Bertz CT molecular complexity index is 491. The highest BCUT2D eigenvalue weighted by Gasteiger charge is 2.48. The Labute approximate surface area is 90.3 Å². The lowest BCUT2D eigenvalue weighted by molar-refractivity contribution is -0.0500. The molecule has 0 aliphatic heterocycles. The predicted octanol–water partition coefficient (Wildman–Crippen LogP) is 2.56. The Morgan fingerprint density at radius 3 is 2.44 bits per heavy atom. The first-order chi connectivity index (χ1) is 7.26. The maximum Gasteiger partial charge on any atom is 0.534 e. The molecular weight excluding hydrogens is 245 g/mol. The molecule has 1 aromatic rings. The Kier molecular flexibility index (Phi) is 3.27. The van der Waals surface area contributed by atoms with Crippen molar-refractivity contribution in [1.29, 1.82) is 0 Å². The number of benzene rings is 1. The number of hydrogen-bond acceptors (Lipinski definition) is 3. The lowest BCUT2D eigenvalue weighted by Crippen LogP contribution is -2.28. The normalized spacial score (nSPS) is 12.2. The van der Waals surface area contributed by atoms with Gasteiger partial charge in [0.15, 0.2) is 0 Å². The van der Waals surface area contributed by atoms with Crippen LogP contribution in [-0.2, 0) is 10.1 Å². The van der Waals surface area contributed by atoms with Gasteiger partial charge in [-0.15, -0.1) is 0 Å². The maximum absolute atomic E-state index is 12.0. The van der Waals surface area contributed by atoms with E-state index in [9.17, 15) is 21.6 Å². The van der Waals surface area contributed by atoms with Gasteiger partial charge in [-0.3, -0.25) is 0 Å². The highest BCUT2D eigenvalue weighted by molar-refractivity contribution is 7.87. The predicted molar refractivity (Wildman–Crippen MR) is 52.1 cm³/mol. The van der Waals surface area contributed by atoms with Crippen LogP contribution in [0.25, 0.3) is 6.08 Å². The lowest BCUT2D eigenvalue weighted by Gasteiger charge is -2.09. The van der Waals surface area contributed by atoms with E-state index in [0.717, 1.165) is 12.1 Å². The standard InChI is InChI=1S/C9H7F3O3S/c1-2-7-4-3-5-8(6-7)15-16(13,14)9(10,11)12/h2-6H,1H2. The monoisotopic (exact) mass is 252 g/mol. The number of halogens is 3. The fourth-order valence-corrected chi connectivity index (χ4v) is 1.32. The molecule has 1 aromatic carbocycles. The van der Waals surface area contributed by atoms with Gasteiger partial charge in [-0.2, -0.15) is 21.6 Å². The van der Waals surface area contributed by atoms with Crippen LogP contribution in [0.1, 0.15) is 5.56 Å². The lowest BCUT2D eigenvalue weighted by atomic mass is 10.2. The van der Waals surface area contributed by atoms with Crippen molar-refractivity contribution in [2.45, 2.75) is 5.51 Å². The van der Waals surface area contributed by atoms with Crippen molar-refractivity contribution in [1.82, 2.24) is 0 Å². The van der Waals surface area contributed by atoms with Gasteiger partial charge < -0.3 is 4.18 Å². The van der Waals surface area contributed by atoms with Crippen molar-refractivity contribution in [2.24, 2.45) is 0 Å². The molecule has 0 atom stereocenters. The minimum absolute atomic E-state index is 0.408. The van der Waals surface area contributed by atoms with Crippen LogP contribution in [0.4, 0.5) is 13.2 Å². The molecule has 1 rings (SSSR count). The van der Waals surface area contributed by atoms with E-state index in [2.05, 4.69) is 10.8 Å². The molecular formula is C9H7F3O3S. The van der Waals surface area contributed by atoms with Crippen molar-refractivity contribution in [3.8, 4) is 5.75 Å². The van der Waals surface area contributed by atoms with Gasteiger partial charge in [0, 0.05) is 0 Å². The van der Waals surface area contributed by atoms with Gasteiger partial charge in [0.1, 0.15) is 5.75 Å². The fourth-order valence-electron chi connectivity index (χ4n) is 0.867. The molecule has 0 aromatic heterocycles. The van der Waals surface area contributed by atoms with Crippen molar-refractivity contribution in [2.75, 3.05) is 0 Å². The maximum atomic E-state index is 12.0. The molecule has 0 spiro atoms. The molecule has 0 unspecified atom stereocenters. The van der Waals surface area contributed by atoms with Crippen LogP contribution >= 0.6 is 0 Å². The van der Waals surface area contributed by atoms with Crippen LogP contribution < -0.4 is 4.18 Å². The second-order valence-corrected chi connectivity index (χ2v) is 4.30. The zero-order valence-corrected chi connectivity index (χ0v) is 8.68. The Morgan fingerprint density at radius 2 is 1.94 bits per heavy atom. The van der Waals surface area contributed by atoms with Crippen molar-refractivity contribution in [3.63, 3.8) is 0 Å². The van der Waals surface area contributed by atoms with Crippen molar-refractivity contribution in [3.05, 3.63) is 36.4 Å². The molecule has 0 aliphatic carbocycles. The summed E-state index contributed by atoms with van der Waals surface area (Å²) >= 11 is 0. The molecule has 0 heterocycles. The first kappa shape index (κ1) is 12.6. The summed E-state index contributed by atoms with van der Waals surface area (Å²) in [7, 11) is -5.61. The number of alkyl halides is 3. The third kappa shape index (κ3) is 2.75. The minimum Gasteiger partial charge on any atom is -0.376 e. The van der Waals surface area contributed by atoms with E-state index in [1.165, 1.54) is 12.1 Å². The molecule has 7 heteroatoms. The summed E-state index contributed by atoms with van der Waals surface area (Å²) in [6.07, 6.45) is 1.35. The van der Waals surface area contributed by atoms with Crippen LogP contribution in [0, 0.1) is 0 Å². The van der Waals surface area contributed by atoms with Crippen molar-refractivity contribution < 1.29 is 25.8 Å². The van der Waals surface area contributed by atoms with Gasteiger partial charge >= 0.3 is 15.6 Å². The van der Waals surface area contributed by atoms with Gasteiger partial charge in [-0.1, -0.05) is 24.8 Å². The molecule has 0 saturated heterocycles. The minimum atomic E-state index is -5.61. The summed E-state index contributed by atoms with van der Waals surface area (Å²) in [5, 5.41) is 0. The average molecular weight is 252 g/mol. The molecule has 16 heavy (non-hydrogen) atoms.